The Balaban J connectivity index is 2.81. The third-order valence-corrected chi connectivity index (χ3v) is 3.28. The van der Waals surface area contributed by atoms with Crippen molar-refractivity contribution in [1.29, 1.82) is 0 Å². The maximum absolute atomic E-state index is 6.10. The molecule has 0 nitrogen and oxygen atoms in total. The van der Waals surface area contributed by atoms with E-state index in [-0.39, 0.29) is 0 Å². The Kier molecular flexibility index (Phi) is 3.25. The van der Waals surface area contributed by atoms with Crippen molar-refractivity contribution in [2.75, 3.05) is 0 Å². The number of benzene rings is 1. The monoisotopic (exact) mass is 240 g/mol. The van der Waals surface area contributed by atoms with Gasteiger partial charge in [-0.25, -0.2) is 0 Å². The van der Waals surface area contributed by atoms with Gasteiger partial charge >= 0.3 is 80.4 Å². The van der Waals surface area contributed by atoms with Gasteiger partial charge in [0.2, 0.25) is 0 Å². The molecule has 1 aromatic carbocycles. The van der Waals surface area contributed by atoms with Crippen molar-refractivity contribution in [3.05, 3.63) is 35.9 Å². The van der Waals surface area contributed by atoms with Crippen LogP contribution >= 0.6 is 10.0 Å². The summed E-state index contributed by atoms with van der Waals surface area (Å²) in [6.07, 6.45) is 0. The molecule has 2 heteroatoms. The summed E-state index contributed by atoms with van der Waals surface area (Å²) in [4.78, 5) is 0. The van der Waals surface area contributed by atoms with Crippen molar-refractivity contribution in [3.63, 3.8) is 0 Å². The molecule has 0 fully saturated rings. The standard InChI is InChI=1S/C10H11ClGe/c1-12(2,11)9-8-10-6-4-3-5-7-10/h3-7H,1-2H3. The van der Waals surface area contributed by atoms with E-state index in [4.69, 9.17) is 10.0 Å². The average Bonchev–Trinajstić information content (AvgIpc) is 2.02. The zero-order chi connectivity index (χ0) is 9.03. The normalized spacial score (nSPS) is 10.2. The third-order valence-electron chi connectivity index (χ3n) is 1.28. The second-order valence-electron chi connectivity index (χ2n) is 3.09. The Morgan fingerprint density at radius 3 is 2.25 bits per heavy atom. The fourth-order valence-electron chi connectivity index (χ4n) is 0.742. The van der Waals surface area contributed by atoms with Crippen LogP contribution < -0.4 is 0 Å². The van der Waals surface area contributed by atoms with Gasteiger partial charge < -0.3 is 0 Å². The van der Waals surface area contributed by atoms with Crippen LogP contribution in [0.4, 0.5) is 0 Å². The number of halogens is 1. The van der Waals surface area contributed by atoms with E-state index in [9.17, 15) is 0 Å². The summed E-state index contributed by atoms with van der Waals surface area (Å²) in [7, 11) is 6.10. The van der Waals surface area contributed by atoms with Gasteiger partial charge in [0.05, 0.1) is 0 Å². The molecule has 0 radical (unpaired) electrons. The third kappa shape index (κ3) is 3.85. The zero-order valence-electron chi connectivity index (χ0n) is 7.26. The van der Waals surface area contributed by atoms with Crippen molar-refractivity contribution in [2.45, 2.75) is 11.5 Å². The van der Waals surface area contributed by atoms with Crippen LogP contribution in [0.5, 0.6) is 0 Å². The van der Waals surface area contributed by atoms with Crippen LogP contribution in [0.15, 0.2) is 30.3 Å². The van der Waals surface area contributed by atoms with Gasteiger partial charge in [-0.05, 0) is 0 Å². The summed E-state index contributed by atoms with van der Waals surface area (Å²) in [6, 6.07) is 9.95. The van der Waals surface area contributed by atoms with Crippen molar-refractivity contribution < 1.29 is 0 Å². The summed E-state index contributed by atoms with van der Waals surface area (Å²) >= 11 is -2.18. The van der Waals surface area contributed by atoms with Crippen LogP contribution in [0, 0.1) is 10.7 Å². The fourth-order valence-corrected chi connectivity index (χ4v) is 1.91. The number of hydrogen-bond donors (Lipinski definition) is 0. The van der Waals surface area contributed by atoms with Crippen molar-refractivity contribution in [2.24, 2.45) is 0 Å². The summed E-state index contributed by atoms with van der Waals surface area (Å²) in [5.74, 6) is 7.22. The molecule has 12 heavy (non-hydrogen) atoms. The van der Waals surface area contributed by atoms with Crippen LogP contribution in [0.3, 0.4) is 0 Å². The first kappa shape index (κ1) is 9.70. The van der Waals surface area contributed by atoms with E-state index in [2.05, 4.69) is 22.2 Å². The molecule has 0 atom stereocenters. The molecule has 0 spiro atoms. The van der Waals surface area contributed by atoms with Crippen LogP contribution in [-0.4, -0.2) is 12.3 Å². The number of hydrogen-bond acceptors (Lipinski definition) is 0. The maximum atomic E-state index is 6.10. The van der Waals surface area contributed by atoms with Crippen LogP contribution in [0.25, 0.3) is 0 Å². The van der Waals surface area contributed by atoms with Crippen LogP contribution in [-0.2, 0) is 0 Å². The Morgan fingerprint density at radius 1 is 1.17 bits per heavy atom. The van der Waals surface area contributed by atoms with E-state index in [1.54, 1.807) is 0 Å². The van der Waals surface area contributed by atoms with E-state index in [1.165, 1.54) is 0 Å². The summed E-state index contributed by atoms with van der Waals surface area (Å²) in [6.45, 7) is 0. The van der Waals surface area contributed by atoms with E-state index in [0.29, 0.717) is 0 Å². The van der Waals surface area contributed by atoms with Gasteiger partial charge in [-0.2, -0.15) is 0 Å². The molecule has 0 aliphatic heterocycles. The Bertz CT molecular complexity index is 300. The first-order valence-electron chi connectivity index (χ1n) is 3.85. The minimum absolute atomic E-state index is 1.05. The van der Waals surface area contributed by atoms with Crippen molar-refractivity contribution in [3.8, 4) is 10.7 Å². The molecule has 0 N–H and O–H groups in total. The van der Waals surface area contributed by atoms with Gasteiger partial charge in [-0.15, -0.1) is 0 Å². The Morgan fingerprint density at radius 2 is 1.75 bits per heavy atom. The molecule has 0 aromatic heterocycles. The van der Waals surface area contributed by atoms with Crippen molar-refractivity contribution in [1.82, 2.24) is 0 Å². The van der Waals surface area contributed by atoms with Gasteiger partial charge in [-0.3, -0.25) is 0 Å². The van der Waals surface area contributed by atoms with Gasteiger partial charge in [0, 0.05) is 0 Å². The Labute approximate surface area is 80.5 Å². The van der Waals surface area contributed by atoms with E-state index < -0.39 is 12.3 Å². The van der Waals surface area contributed by atoms with Crippen LogP contribution in [0.1, 0.15) is 5.56 Å². The molecular formula is C10H11ClGe. The van der Waals surface area contributed by atoms with Gasteiger partial charge in [0.1, 0.15) is 0 Å². The molecular weight excluding hydrogens is 228 g/mol. The molecule has 0 aliphatic carbocycles. The summed E-state index contributed by atoms with van der Waals surface area (Å²) < 4.78 is 3.14. The minimum atomic E-state index is -2.18. The van der Waals surface area contributed by atoms with Gasteiger partial charge in [0.15, 0.2) is 0 Å². The first-order valence-corrected chi connectivity index (χ1v) is 11.9. The molecule has 0 aliphatic rings. The molecule has 0 amide bonds. The van der Waals surface area contributed by atoms with Crippen LogP contribution in [0.2, 0.25) is 11.5 Å². The van der Waals surface area contributed by atoms with E-state index in [0.717, 1.165) is 5.56 Å². The predicted molar refractivity (Wildman–Crippen MR) is 56.7 cm³/mol. The SMILES string of the molecule is [CH3][Ge]([CH3])([Cl])[C]#Cc1ccccc1. The predicted octanol–water partition coefficient (Wildman–Crippen LogP) is 3.02. The quantitative estimate of drug-likeness (QED) is 0.482. The topological polar surface area (TPSA) is 0 Å². The van der Waals surface area contributed by atoms with Gasteiger partial charge in [0.25, 0.3) is 0 Å². The van der Waals surface area contributed by atoms with Crippen molar-refractivity contribution >= 4 is 22.3 Å². The number of rotatable bonds is 0. The second kappa shape index (κ2) is 4.02. The molecule has 0 saturated heterocycles. The zero-order valence-corrected chi connectivity index (χ0v) is 10.1. The molecule has 0 unspecified atom stereocenters. The first-order chi connectivity index (χ1) is 5.58. The molecule has 0 saturated carbocycles. The van der Waals surface area contributed by atoms with Gasteiger partial charge in [-0.1, -0.05) is 0 Å². The molecule has 62 valence electrons. The average molecular weight is 239 g/mol. The molecule has 1 aromatic rings. The molecule has 1 rings (SSSR count). The summed E-state index contributed by atoms with van der Waals surface area (Å²) in [5.41, 5.74) is 1.05. The summed E-state index contributed by atoms with van der Waals surface area (Å²) in [5, 5.41) is 0. The fraction of sp³-hybridized carbons (Fsp3) is 0.200. The second-order valence-corrected chi connectivity index (χ2v) is 14.7. The molecule has 0 heterocycles. The van der Waals surface area contributed by atoms with E-state index >= 15 is 0 Å². The Hall–Kier alpha value is -0.387. The molecule has 0 bridgehead atoms. The van der Waals surface area contributed by atoms with E-state index in [1.807, 2.05) is 30.3 Å².